The summed E-state index contributed by atoms with van der Waals surface area (Å²) < 4.78 is 4.95. The average molecular weight is 346 g/mol. The van der Waals surface area contributed by atoms with Crippen LogP contribution in [0.5, 0.6) is 0 Å². The average Bonchev–Trinajstić information content (AvgIpc) is 3.44. The zero-order valence-electron chi connectivity index (χ0n) is 15.4. The van der Waals surface area contributed by atoms with Gasteiger partial charge in [0.15, 0.2) is 5.96 Å². The van der Waals surface area contributed by atoms with Gasteiger partial charge in [0.1, 0.15) is 0 Å². The highest BCUT2D eigenvalue weighted by atomic mass is 16.5. The molecule has 2 unspecified atom stereocenters. The maximum Gasteiger partial charge on any atom is 0.407 e. The lowest BCUT2D eigenvalue weighted by Crippen LogP contribution is -2.39. The minimum atomic E-state index is -0.387. The van der Waals surface area contributed by atoms with Crippen LogP contribution in [0.15, 0.2) is 29.3 Å². The van der Waals surface area contributed by atoms with Crippen molar-refractivity contribution in [3.63, 3.8) is 0 Å². The molecule has 1 fully saturated rings. The lowest BCUT2D eigenvalue weighted by Gasteiger charge is -2.16. The first kappa shape index (κ1) is 19.1. The van der Waals surface area contributed by atoms with E-state index in [-0.39, 0.29) is 12.1 Å². The molecule has 6 heteroatoms. The molecule has 138 valence electrons. The smallest absolute Gasteiger partial charge is 0.407 e. The van der Waals surface area contributed by atoms with E-state index in [1.54, 1.807) is 6.92 Å². The van der Waals surface area contributed by atoms with Gasteiger partial charge >= 0.3 is 6.09 Å². The van der Waals surface area contributed by atoms with Crippen LogP contribution in [-0.4, -0.2) is 31.2 Å². The third-order valence-electron chi connectivity index (χ3n) is 4.59. The Morgan fingerprint density at radius 2 is 2.00 bits per heavy atom. The summed E-state index contributed by atoms with van der Waals surface area (Å²) in [5.74, 6) is 1.37. The predicted molar refractivity (Wildman–Crippen MR) is 102 cm³/mol. The fourth-order valence-electron chi connectivity index (χ4n) is 2.65. The van der Waals surface area contributed by atoms with Crippen LogP contribution in [0.4, 0.5) is 10.5 Å². The Morgan fingerprint density at radius 1 is 1.32 bits per heavy atom. The molecule has 25 heavy (non-hydrogen) atoms. The number of guanidine groups is 1. The molecule has 0 saturated heterocycles. The van der Waals surface area contributed by atoms with E-state index < -0.39 is 0 Å². The van der Waals surface area contributed by atoms with E-state index in [1.165, 1.54) is 5.56 Å². The van der Waals surface area contributed by atoms with Gasteiger partial charge in [-0.05, 0) is 55.7 Å². The lowest BCUT2D eigenvalue weighted by molar-refractivity contribution is 0.147. The van der Waals surface area contributed by atoms with Gasteiger partial charge in [-0.15, -0.1) is 0 Å². The number of amides is 1. The van der Waals surface area contributed by atoms with Crippen molar-refractivity contribution >= 4 is 17.7 Å². The monoisotopic (exact) mass is 346 g/mol. The van der Waals surface area contributed by atoms with E-state index >= 15 is 0 Å². The number of benzene rings is 1. The molecule has 2 rings (SSSR count). The SMILES string of the molecule is CCOC(=O)NC(CN=C(N)Nc1ccc(C(C)CC)cc1)C1CC1. The number of anilines is 1. The number of nitrogens with two attached hydrogens (primary N) is 1. The Bertz CT molecular complexity index is 582. The van der Waals surface area contributed by atoms with Crippen LogP contribution in [0, 0.1) is 5.92 Å². The first-order valence-corrected chi connectivity index (χ1v) is 9.13. The number of ether oxygens (including phenoxy) is 1. The molecule has 0 radical (unpaired) electrons. The number of hydrogen-bond acceptors (Lipinski definition) is 3. The summed E-state index contributed by atoms with van der Waals surface area (Å²) in [6.07, 6.45) is 2.95. The quantitative estimate of drug-likeness (QED) is 0.497. The Kier molecular flexibility index (Phi) is 7.10. The van der Waals surface area contributed by atoms with Crippen molar-refractivity contribution in [2.24, 2.45) is 16.6 Å². The summed E-state index contributed by atoms with van der Waals surface area (Å²) >= 11 is 0. The zero-order chi connectivity index (χ0) is 18.2. The van der Waals surface area contributed by atoms with Crippen LogP contribution in [0.1, 0.15) is 51.5 Å². The van der Waals surface area contributed by atoms with E-state index in [9.17, 15) is 4.79 Å². The molecule has 0 spiro atoms. The van der Waals surface area contributed by atoms with Crippen molar-refractivity contribution in [2.75, 3.05) is 18.5 Å². The Labute approximate surface area is 150 Å². The van der Waals surface area contributed by atoms with E-state index in [0.717, 1.165) is 24.9 Å². The molecule has 0 aromatic heterocycles. The topological polar surface area (TPSA) is 88.7 Å². The zero-order valence-corrected chi connectivity index (χ0v) is 15.4. The molecule has 1 aromatic carbocycles. The number of hydrogen-bond donors (Lipinski definition) is 3. The number of nitrogens with one attached hydrogen (secondary N) is 2. The second-order valence-corrected chi connectivity index (χ2v) is 6.59. The summed E-state index contributed by atoms with van der Waals surface area (Å²) in [6, 6.07) is 8.23. The number of nitrogens with zero attached hydrogens (tertiary/aromatic N) is 1. The van der Waals surface area contributed by atoms with Crippen LogP contribution in [0.25, 0.3) is 0 Å². The molecule has 0 bridgehead atoms. The van der Waals surface area contributed by atoms with Crippen LogP contribution in [0.2, 0.25) is 0 Å². The predicted octanol–water partition coefficient (Wildman–Crippen LogP) is 3.45. The molecular formula is C19H30N4O2. The van der Waals surface area contributed by atoms with Crippen molar-refractivity contribution in [3.05, 3.63) is 29.8 Å². The highest BCUT2D eigenvalue weighted by Gasteiger charge is 2.32. The molecule has 1 aliphatic rings. The van der Waals surface area contributed by atoms with E-state index in [0.29, 0.717) is 30.9 Å². The molecular weight excluding hydrogens is 316 g/mol. The Balaban J connectivity index is 1.88. The van der Waals surface area contributed by atoms with Crippen LogP contribution in [-0.2, 0) is 4.74 Å². The van der Waals surface area contributed by atoms with Crippen molar-refractivity contribution in [1.82, 2.24) is 5.32 Å². The van der Waals surface area contributed by atoms with E-state index in [4.69, 9.17) is 10.5 Å². The van der Waals surface area contributed by atoms with Gasteiger partial charge in [0.25, 0.3) is 0 Å². The van der Waals surface area contributed by atoms with Crippen LogP contribution < -0.4 is 16.4 Å². The highest BCUT2D eigenvalue weighted by molar-refractivity contribution is 5.92. The normalized spacial score (nSPS) is 16.8. The molecule has 1 aromatic rings. The summed E-state index contributed by atoms with van der Waals surface area (Å²) in [5, 5.41) is 5.98. The molecule has 2 atom stereocenters. The Hall–Kier alpha value is -2.24. The summed E-state index contributed by atoms with van der Waals surface area (Å²) in [6.45, 7) is 7.00. The highest BCUT2D eigenvalue weighted by Crippen LogP contribution is 2.32. The number of carbonyl (C=O) groups is 1. The van der Waals surface area contributed by atoms with Gasteiger partial charge in [-0.2, -0.15) is 0 Å². The van der Waals surface area contributed by atoms with E-state index in [1.807, 2.05) is 12.1 Å². The van der Waals surface area contributed by atoms with Crippen molar-refractivity contribution < 1.29 is 9.53 Å². The van der Waals surface area contributed by atoms with Gasteiger partial charge in [-0.25, -0.2) is 4.79 Å². The van der Waals surface area contributed by atoms with Gasteiger partial charge in [-0.1, -0.05) is 26.0 Å². The van der Waals surface area contributed by atoms with Gasteiger partial charge in [0, 0.05) is 5.69 Å². The van der Waals surface area contributed by atoms with Crippen molar-refractivity contribution in [3.8, 4) is 0 Å². The van der Waals surface area contributed by atoms with Gasteiger partial charge in [0.2, 0.25) is 0 Å². The second-order valence-electron chi connectivity index (χ2n) is 6.59. The molecule has 0 heterocycles. The van der Waals surface area contributed by atoms with Gasteiger partial charge in [0.05, 0.1) is 19.2 Å². The molecule has 1 aliphatic carbocycles. The number of carbonyl (C=O) groups excluding carboxylic acids is 1. The molecule has 4 N–H and O–H groups in total. The molecule has 0 aliphatic heterocycles. The minimum Gasteiger partial charge on any atom is -0.450 e. The largest absolute Gasteiger partial charge is 0.450 e. The first-order valence-electron chi connectivity index (χ1n) is 9.13. The number of aliphatic imine (C=N–C) groups is 1. The first-order chi connectivity index (χ1) is 12.0. The lowest BCUT2D eigenvalue weighted by atomic mass is 9.99. The summed E-state index contributed by atoms with van der Waals surface area (Å²) in [4.78, 5) is 16.0. The maximum absolute atomic E-state index is 11.6. The third-order valence-corrected chi connectivity index (χ3v) is 4.59. The second kappa shape index (κ2) is 9.30. The standard InChI is InChI=1S/C19H30N4O2/c1-4-13(3)14-8-10-16(11-9-14)22-18(20)21-12-17(15-6-7-15)23-19(24)25-5-2/h8-11,13,15,17H,4-7,12H2,1-3H3,(H,23,24)(H3,20,21,22). The summed E-state index contributed by atoms with van der Waals surface area (Å²) in [5.41, 5.74) is 8.21. The maximum atomic E-state index is 11.6. The Morgan fingerprint density at radius 3 is 2.56 bits per heavy atom. The van der Waals surface area contributed by atoms with Crippen molar-refractivity contribution in [2.45, 2.75) is 52.0 Å². The van der Waals surface area contributed by atoms with Crippen molar-refractivity contribution in [1.29, 1.82) is 0 Å². The fourth-order valence-corrected chi connectivity index (χ4v) is 2.65. The third kappa shape index (κ3) is 6.29. The van der Waals surface area contributed by atoms with Crippen LogP contribution in [0.3, 0.4) is 0 Å². The number of alkyl carbamates (subject to hydrolysis) is 1. The minimum absolute atomic E-state index is 0.0211. The molecule has 1 amide bonds. The van der Waals surface area contributed by atoms with Crippen LogP contribution >= 0.6 is 0 Å². The summed E-state index contributed by atoms with van der Waals surface area (Å²) in [7, 11) is 0. The molecule has 6 nitrogen and oxygen atoms in total. The van der Waals surface area contributed by atoms with Gasteiger partial charge in [-0.3, -0.25) is 4.99 Å². The fraction of sp³-hybridized carbons (Fsp3) is 0.579. The van der Waals surface area contributed by atoms with E-state index in [2.05, 4.69) is 41.6 Å². The van der Waals surface area contributed by atoms with Gasteiger partial charge < -0.3 is 21.1 Å². The molecule has 1 saturated carbocycles. The number of rotatable bonds is 8.